The summed E-state index contributed by atoms with van der Waals surface area (Å²) in [7, 11) is 0. The number of nitrogens with zero attached hydrogens (tertiary/aromatic N) is 1. The van der Waals surface area contributed by atoms with Gasteiger partial charge in [-0.2, -0.15) is 0 Å². The first-order chi connectivity index (χ1) is 12.3. The smallest absolute Gasteiger partial charge is 0.130 e. The molecule has 0 N–H and O–H groups in total. The average molecular weight is 370 g/mol. The van der Waals surface area contributed by atoms with Gasteiger partial charge in [0.05, 0.1) is 15.8 Å². The van der Waals surface area contributed by atoms with Crippen molar-refractivity contribution in [2.24, 2.45) is 0 Å². The highest BCUT2D eigenvalue weighted by Crippen LogP contribution is 2.43. The molecule has 0 aliphatic carbocycles. The summed E-state index contributed by atoms with van der Waals surface area (Å²) in [5.41, 5.74) is 3.23. The van der Waals surface area contributed by atoms with Crippen LogP contribution in [0.1, 0.15) is 29.7 Å². The highest BCUT2D eigenvalue weighted by atomic mass is 32.2. The zero-order chi connectivity index (χ0) is 17.5. The number of hydrogen-bond donors (Lipinski definition) is 0. The molecule has 25 heavy (non-hydrogen) atoms. The first-order valence-corrected chi connectivity index (χ1v) is 10.7. The molecule has 0 radical (unpaired) electrons. The fraction of sp³-hybridized carbons (Fsp3) is 0.286. The van der Waals surface area contributed by atoms with E-state index in [1.807, 2.05) is 53.9 Å². The van der Waals surface area contributed by atoms with Gasteiger partial charge in [-0.3, -0.25) is 0 Å². The molecule has 1 heterocycles. The van der Waals surface area contributed by atoms with Crippen molar-refractivity contribution in [3.05, 3.63) is 71.9 Å². The zero-order valence-corrected chi connectivity index (χ0v) is 16.3. The third-order valence-electron chi connectivity index (χ3n) is 3.84. The molecule has 0 atom stereocenters. The molecule has 0 bridgehead atoms. The SMILES string of the molecule is CCSC(SCC)c1ccccc1OCc1ccc2ccccc2n1. The molecule has 3 rings (SSSR count). The quantitative estimate of drug-likeness (QED) is 0.433. The molecule has 130 valence electrons. The number of ether oxygens (including phenoxy) is 1. The lowest BCUT2D eigenvalue weighted by atomic mass is 10.2. The maximum absolute atomic E-state index is 6.16. The van der Waals surface area contributed by atoms with Crippen LogP contribution in [0.25, 0.3) is 10.9 Å². The van der Waals surface area contributed by atoms with E-state index in [1.165, 1.54) is 5.56 Å². The third-order valence-corrected chi connectivity index (χ3v) is 6.44. The van der Waals surface area contributed by atoms with Crippen molar-refractivity contribution in [1.29, 1.82) is 0 Å². The highest BCUT2D eigenvalue weighted by Gasteiger charge is 2.16. The summed E-state index contributed by atoms with van der Waals surface area (Å²) in [6.07, 6.45) is 0. The first-order valence-electron chi connectivity index (χ1n) is 8.61. The second-order valence-corrected chi connectivity index (χ2v) is 8.63. The second-order valence-electron chi connectivity index (χ2n) is 5.56. The molecule has 0 fully saturated rings. The lowest BCUT2D eigenvalue weighted by Crippen LogP contribution is -2.02. The Labute approximate surface area is 158 Å². The van der Waals surface area contributed by atoms with Crippen molar-refractivity contribution >= 4 is 34.4 Å². The minimum Gasteiger partial charge on any atom is -0.487 e. The van der Waals surface area contributed by atoms with Crippen molar-refractivity contribution in [2.75, 3.05) is 11.5 Å². The fourth-order valence-electron chi connectivity index (χ4n) is 2.68. The minimum absolute atomic E-state index is 0.413. The predicted octanol–water partition coefficient (Wildman–Crippen LogP) is 6.32. The lowest BCUT2D eigenvalue weighted by molar-refractivity contribution is 0.299. The average Bonchev–Trinajstić information content (AvgIpc) is 2.66. The number of fused-ring (bicyclic) bond motifs is 1. The van der Waals surface area contributed by atoms with Crippen LogP contribution >= 0.6 is 23.5 Å². The Kier molecular flexibility index (Phi) is 6.65. The molecule has 0 aliphatic rings. The van der Waals surface area contributed by atoms with Crippen LogP contribution in [0.15, 0.2) is 60.7 Å². The van der Waals surface area contributed by atoms with E-state index < -0.39 is 0 Å². The van der Waals surface area contributed by atoms with Crippen molar-refractivity contribution in [3.63, 3.8) is 0 Å². The lowest BCUT2D eigenvalue weighted by Gasteiger charge is -2.19. The van der Waals surface area contributed by atoms with E-state index in [2.05, 4.69) is 44.2 Å². The molecule has 0 aliphatic heterocycles. The summed E-state index contributed by atoms with van der Waals surface area (Å²) < 4.78 is 6.57. The Bertz CT molecular complexity index is 816. The van der Waals surface area contributed by atoms with Gasteiger partial charge >= 0.3 is 0 Å². The summed E-state index contributed by atoms with van der Waals surface area (Å²) in [5.74, 6) is 3.15. The van der Waals surface area contributed by atoms with E-state index in [9.17, 15) is 0 Å². The summed E-state index contributed by atoms with van der Waals surface area (Å²) in [4.78, 5) is 4.70. The Morgan fingerprint density at radius 3 is 2.40 bits per heavy atom. The molecule has 2 aromatic carbocycles. The Morgan fingerprint density at radius 2 is 1.60 bits per heavy atom. The molecular weight excluding hydrogens is 346 g/mol. The van der Waals surface area contributed by atoms with E-state index in [0.717, 1.165) is 33.9 Å². The first kappa shape index (κ1) is 18.2. The van der Waals surface area contributed by atoms with Crippen molar-refractivity contribution in [1.82, 2.24) is 4.98 Å². The van der Waals surface area contributed by atoms with Gasteiger partial charge in [0.1, 0.15) is 12.4 Å². The topological polar surface area (TPSA) is 22.1 Å². The van der Waals surface area contributed by atoms with Crippen LogP contribution in [0.5, 0.6) is 5.75 Å². The van der Waals surface area contributed by atoms with E-state index in [4.69, 9.17) is 9.72 Å². The standard InChI is InChI=1S/C21H23NOS2/c1-3-24-21(25-4-2)18-10-6-8-12-20(18)23-15-17-14-13-16-9-5-7-11-19(16)22-17/h5-14,21H,3-4,15H2,1-2H3. The number of pyridine rings is 1. The summed E-state index contributed by atoms with van der Waals surface area (Å²) >= 11 is 3.92. The highest BCUT2D eigenvalue weighted by molar-refractivity contribution is 8.16. The van der Waals surface area contributed by atoms with Gasteiger partial charge in [-0.15, -0.1) is 23.5 Å². The van der Waals surface area contributed by atoms with Crippen LogP contribution in [0, 0.1) is 0 Å². The monoisotopic (exact) mass is 369 g/mol. The van der Waals surface area contributed by atoms with E-state index in [1.54, 1.807) is 0 Å². The molecule has 0 saturated heterocycles. The molecule has 1 aromatic heterocycles. The Balaban J connectivity index is 1.77. The number of thioether (sulfide) groups is 2. The normalized spacial score (nSPS) is 11.2. The summed E-state index contributed by atoms with van der Waals surface area (Å²) in [6, 6.07) is 20.7. The molecule has 4 heteroatoms. The van der Waals surface area contributed by atoms with Crippen molar-refractivity contribution < 1.29 is 4.74 Å². The van der Waals surface area contributed by atoms with Crippen LogP contribution in [-0.4, -0.2) is 16.5 Å². The van der Waals surface area contributed by atoms with Crippen LogP contribution in [0.4, 0.5) is 0 Å². The molecule has 0 amide bonds. The van der Waals surface area contributed by atoms with Crippen LogP contribution in [0.2, 0.25) is 0 Å². The number of benzene rings is 2. The number of aromatic nitrogens is 1. The van der Waals surface area contributed by atoms with Crippen LogP contribution in [0.3, 0.4) is 0 Å². The van der Waals surface area contributed by atoms with Gasteiger partial charge < -0.3 is 4.74 Å². The van der Waals surface area contributed by atoms with E-state index in [-0.39, 0.29) is 0 Å². The molecule has 3 aromatic rings. The molecule has 0 saturated carbocycles. The van der Waals surface area contributed by atoms with Gasteiger partial charge in [-0.25, -0.2) is 4.98 Å². The maximum Gasteiger partial charge on any atom is 0.130 e. The zero-order valence-electron chi connectivity index (χ0n) is 14.6. The fourth-order valence-corrected chi connectivity index (χ4v) is 5.23. The van der Waals surface area contributed by atoms with Crippen molar-refractivity contribution in [2.45, 2.75) is 25.0 Å². The van der Waals surface area contributed by atoms with Gasteiger partial charge in [0.15, 0.2) is 0 Å². The molecular formula is C21H23NOS2. The number of para-hydroxylation sites is 2. The summed E-state index contributed by atoms with van der Waals surface area (Å²) in [5, 5.41) is 1.16. The number of hydrogen-bond acceptors (Lipinski definition) is 4. The van der Waals surface area contributed by atoms with Crippen LogP contribution in [-0.2, 0) is 6.61 Å². The van der Waals surface area contributed by atoms with Gasteiger partial charge in [0.25, 0.3) is 0 Å². The van der Waals surface area contributed by atoms with Crippen molar-refractivity contribution in [3.8, 4) is 5.75 Å². The predicted molar refractivity (Wildman–Crippen MR) is 112 cm³/mol. The molecule has 0 unspecified atom stereocenters. The number of rotatable bonds is 8. The Morgan fingerprint density at radius 1 is 0.880 bits per heavy atom. The molecule has 2 nitrogen and oxygen atoms in total. The van der Waals surface area contributed by atoms with Gasteiger partial charge in [0.2, 0.25) is 0 Å². The molecule has 0 spiro atoms. The minimum atomic E-state index is 0.413. The van der Waals surface area contributed by atoms with E-state index in [0.29, 0.717) is 11.2 Å². The van der Waals surface area contributed by atoms with Gasteiger partial charge in [-0.1, -0.05) is 56.3 Å². The van der Waals surface area contributed by atoms with E-state index >= 15 is 0 Å². The van der Waals surface area contributed by atoms with Crippen LogP contribution < -0.4 is 4.74 Å². The van der Waals surface area contributed by atoms with Gasteiger partial charge in [-0.05, 0) is 29.7 Å². The summed E-state index contributed by atoms with van der Waals surface area (Å²) in [6.45, 7) is 4.90. The largest absolute Gasteiger partial charge is 0.487 e. The second kappa shape index (κ2) is 9.16. The maximum atomic E-state index is 6.16. The van der Waals surface area contributed by atoms with Gasteiger partial charge in [0, 0.05) is 10.9 Å². The Hall–Kier alpha value is -1.65. The third kappa shape index (κ3) is 4.71.